The Kier molecular flexibility index (Phi) is 7.45. The molecule has 1 amide bonds. The van der Waals surface area contributed by atoms with Gasteiger partial charge in [-0.1, -0.05) is 44.7 Å². The third kappa shape index (κ3) is 5.83. The number of benzene rings is 1. The number of carbonyl (C=O) groups is 1. The van der Waals surface area contributed by atoms with E-state index >= 15 is 0 Å². The van der Waals surface area contributed by atoms with Gasteiger partial charge in [-0.2, -0.15) is 0 Å². The molecule has 20 heavy (non-hydrogen) atoms. The van der Waals surface area contributed by atoms with Crippen molar-refractivity contribution >= 4 is 23.4 Å². The number of rotatable bonds is 7. The zero-order valence-corrected chi connectivity index (χ0v) is 13.3. The number of halogens is 1. The van der Waals surface area contributed by atoms with Crippen molar-refractivity contribution in [1.82, 2.24) is 0 Å². The summed E-state index contributed by atoms with van der Waals surface area (Å²) in [5.41, 5.74) is 1.64. The molecule has 3 nitrogen and oxygen atoms in total. The van der Waals surface area contributed by atoms with Crippen LogP contribution in [0.25, 0.3) is 0 Å². The van der Waals surface area contributed by atoms with Gasteiger partial charge in [0.15, 0.2) is 0 Å². The van der Waals surface area contributed by atoms with Crippen molar-refractivity contribution in [3.63, 3.8) is 0 Å². The molecule has 112 valence electrons. The molecule has 0 radical (unpaired) electrons. The van der Waals surface area contributed by atoms with Crippen molar-refractivity contribution in [2.24, 2.45) is 5.92 Å². The zero-order valence-electron chi connectivity index (χ0n) is 12.5. The van der Waals surface area contributed by atoms with E-state index in [1.54, 1.807) is 12.1 Å². The molecule has 1 aromatic carbocycles. The van der Waals surface area contributed by atoms with Crippen LogP contribution in [0.2, 0.25) is 5.02 Å². The topological polar surface area (TPSA) is 38.3 Å². The van der Waals surface area contributed by atoms with Crippen LogP contribution in [0.5, 0.6) is 0 Å². The number of hydrogen-bond acceptors (Lipinski definition) is 2. The molecule has 0 aliphatic carbocycles. The molecular weight excluding hydrogens is 274 g/mol. The summed E-state index contributed by atoms with van der Waals surface area (Å²) in [6.07, 6.45) is 4.10. The smallest absolute Gasteiger partial charge is 0.411 e. The Balaban J connectivity index is 2.40. The van der Waals surface area contributed by atoms with Gasteiger partial charge in [-0.05, 0) is 43.0 Å². The second kappa shape index (κ2) is 8.85. The van der Waals surface area contributed by atoms with Crippen LogP contribution in [0.1, 0.15) is 45.1 Å². The molecule has 0 spiro atoms. The number of unbranched alkanes of at least 4 members (excludes halogenated alkanes) is 1. The molecule has 0 aromatic heterocycles. The molecule has 1 aromatic rings. The average Bonchev–Trinajstić information content (AvgIpc) is 2.43. The van der Waals surface area contributed by atoms with Crippen LogP contribution in [0.3, 0.4) is 0 Å². The maximum atomic E-state index is 11.7. The Hall–Kier alpha value is -1.22. The number of nitrogens with one attached hydrogen (secondary N) is 1. The third-order valence-electron chi connectivity index (χ3n) is 3.40. The molecule has 4 heteroatoms. The Morgan fingerprint density at radius 3 is 2.75 bits per heavy atom. The molecule has 0 saturated carbocycles. The summed E-state index contributed by atoms with van der Waals surface area (Å²) in [5, 5.41) is 3.42. The average molecular weight is 298 g/mol. The first kappa shape index (κ1) is 16.8. The van der Waals surface area contributed by atoms with E-state index in [4.69, 9.17) is 16.3 Å². The van der Waals surface area contributed by atoms with Gasteiger partial charge in [-0.15, -0.1) is 0 Å². The minimum absolute atomic E-state index is 0.401. The first-order valence-electron chi connectivity index (χ1n) is 7.26. The normalized spacial score (nSPS) is 12.0. The van der Waals surface area contributed by atoms with Gasteiger partial charge in [-0.25, -0.2) is 4.79 Å². The second-order valence-electron chi connectivity index (χ2n) is 5.10. The molecule has 0 heterocycles. The Labute approximate surface area is 126 Å². The lowest BCUT2D eigenvalue weighted by atomic mass is 10.0. The van der Waals surface area contributed by atoms with Gasteiger partial charge in [0, 0.05) is 10.7 Å². The van der Waals surface area contributed by atoms with Crippen molar-refractivity contribution in [1.29, 1.82) is 0 Å². The lowest BCUT2D eigenvalue weighted by molar-refractivity contribution is 0.136. The minimum atomic E-state index is -0.401. The van der Waals surface area contributed by atoms with Crippen molar-refractivity contribution in [2.45, 2.75) is 46.5 Å². The maximum Gasteiger partial charge on any atom is 0.411 e. The van der Waals surface area contributed by atoms with Gasteiger partial charge in [0.05, 0.1) is 6.61 Å². The molecule has 1 unspecified atom stereocenters. The summed E-state index contributed by atoms with van der Waals surface area (Å²) in [5.74, 6) is 0.452. The van der Waals surface area contributed by atoms with Gasteiger partial charge in [-0.3, -0.25) is 5.32 Å². The fourth-order valence-electron chi connectivity index (χ4n) is 1.97. The maximum absolute atomic E-state index is 11.7. The lowest BCUT2D eigenvalue weighted by Crippen LogP contribution is -2.18. The van der Waals surface area contributed by atoms with E-state index in [2.05, 4.69) is 19.2 Å². The van der Waals surface area contributed by atoms with E-state index in [9.17, 15) is 4.79 Å². The fourth-order valence-corrected chi connectivity index (χ4v) is 2.09. The van der Waals surface area contributed by atoms with E-state index in [1.807, 2.05) is 13.0 Å². The summed E-state index contributed by atoms with van der Waals surface area (Å²) in [6, 6.07) is 5.37. The number of anilines is 1. The Morgan fingerprint density at radius 1 is 1.40 bits per heavy atom. The second-order valence-corrected chi connectivity index (χ2v) is 5.51. The van der Waals surface area contributed by atoms with E-state index in [0.29, 0.717) is 23.2 Å². The van der Waals surface area contributed by atoms with E-state index < -0.39 is 6.09 Å². The van der Waals surface area contributed by atoms with Crippen molar-refractivity contribution in [3.05, 3.63) is 28.8 Å². The van der Waals surface area contributed by atoms with Crippen LogP contribution in [-0.2, 0) is 4.74 Å². The van der Waals surface area contributed by atoms with E-state index in [0.717, 1.165) is 18.4 Å². The Morgan fingerprint density at radius 2 is 2.15 bits per heavy atom. The number of hydrogen-bond donors (Lipinski definition) is 1. The van der Waals surface area contributed by atoms with Crippen LogP contribution >= 0.6 is 11.6 Å². The summed E-state index contributed by atoms with van der Waals surface area (Å²) in [4.78, 5) is 11.7. The molecule has 0 bridgehead atoms. The van der Waals surface area contributed by atoms with Crippen LogP contribution in [-0.4, -0.2) is 12.7 Å². The number of ether oxygens (including phenoxy) is 1. The number of carbonyl (C=O) groups excluding carboxylic acids is 1. The highest BCUT2D eigenvalue weighted by molar-refractivity contribution is 6.31. The molecule has 0 aliphatic heterocycles. The Bertz CT molecular complexity index is 434. The SMILES string of the molecule is CCCCC(CC)COC(=O)Nc1ccc(Cl)c(C)c1. The summed E-state index contributed by atoms with van der Waals surface area (Å²) in [6.45, 7) is 6.68. The highest BCUT2D eigenvalue weighted by Crippen LogP contribution is 2.19. The van der Waals surface area contributed by atoms with Gasteiger partial charge < -0.3 is 4.74 Å². The van der Waals surface area contributed by atoms with Gasteiger partial charge in [0.1, 0.15) is 0 Å². The van der Waals surface area contributed by atoms with Crippen LogP contribution < -0.4 is 5.32 Å². The largest absolute Gasteiger partial charge is 0.449 e. The van der Waals surface area contributed by atoms with Gasteiger partial charge >= 0.3 is 6.09 Å². The number of aryl methyl sites for hydroxylation is 1. The van der Waals surface area contributed by atoms with Crippen molar-refractivity contribution < 1.29 is 9.53 Å². The van der Waals surface area contributed by atoms with Crippen LogP contribution in [0, 0.1) is 12.8 Å². The summed E-state index contributed by atoms with van der Waals surface area (Å²) < 4.78 is 5.28. The lowest BCUT2D eigenvalue weighted by Gasteiger charge is -2.15. The predicted molar refractivity (Wildman–Crippen MR) is 84.5 cm³/mol. The third-order valence-corrected chi connectivity index (χ3v) is 3.82. The fraction of sp³-hybridized carbons (Fsp3) is 0.562. The predicted octanol–water partition coefficient (Wildman–Crippen LogP) is 5.41. The molecular formula is C16H24ClNO2. The van der Waals surface area contributed by atoms with E-state index in [1.165, 1.54) is 12.8 Å². The summed E-state index contributed by atoms with van der Waals surface area (Å²) in [7, 11) is 0. The summed E-state index contributed by atoms with van der Waals surface area (Å²) >= 11 is 5.94. The first-order chi connectivity index (χ1) is 9.56. The molecule has 1 rings (SSSR count). The zero-order chi connectivity index (χ0) is 15.0. The number of amides is 1. The van der Waals surface area contributed by atoms with Crippen LogP contribution in [0.4, 0.5) is 10.5 Å². The molecule has 1 N–H and O–H groups in total. The van der Waals surface area contributed by atoms with Crippen molar-refractivity contribution in [2.75, 3.05) is 11.9 Å². The van der Waals surface area contributed by atoms with E-state index in [-0.39, 0.29) is 0 Å². The van der Waals surface area contributed by atoms with Crippen molar-refractivity contribution in [3.8, 4) is 0 Å². The highest BCUT2D eigenvalue weighted by Gasteiger charge is 2.10. The molecule has 1 atom stereocenters. The molecule has 0 saturated heterocycles. The molecule has 0 fully saturated rings. The standard InChI is InChI=1S/C16H24ClNO2/c1-4-6-7-13(5-2)11-20-16(19)18-14-8-9-15(17)12(3)10-14/h8-10,13H,4-7,11H2,1-3H3,(H,18,19). The first-order valence-corrected chi connectivity index (χ1v) is 7.64. The quantitative estimate of drug-likeness (QED) is 0.730. The minimum Gasteiger partial charge on any atom is -0.449 e. The van der Waals surface area contributed by atoms with Gasteiger partial charge in [0.2, 0.25) is 0 Å². The molecule has 0 aliphatic rings. The van der Waals surface area contributed by atoms with Gasteiger partial charge in [0.25, 0.3) is 0 Å². The highest BCUT2D eigenvalue weighted by atomic mass is 35.5. The monoisotopic (exact) mass is 297 g/mol. The van der Waals surface area contributed by atoms with Crippen LogP contribution in [0.15, 0.2) is 18.2 Å².